The topological polar surface area (TPSA) is 55.1 Å². The Hall–Kier alpha value is -3.06. The highest BCUT2D eigenvalue weighted by Gasteiger charge is 2.14. The van der Waals surface area contributed by atoms with Crippen molar-refractivity contribution in [3.8, 4) is 17.6 Å². The summed E-state index contributed by atoms with van der Waals surface area (Å²) in [6, 6.07) is 28.8. The van der Waals surface area contributed by atoms with Gasteiger partial charge in [-0.15, -0.1) is 11.3 Å². The second-order valence-corrected chi connectivity index (χ2v) is 11.3. The molecule has 0 aliphatic rings. The predicted octanol–water partition coefficient (Wildman–Crippen LogP) is 8.69. The van der Waals surface area contributed by atoms with Crippen LogP contribution in [-0.2, 0) is 6.61 Å². The molecular weight excluding hydrogens is 599 g/mol. The molecule has 5 rings (SSSR count). The quantitative estimate of drug-likeness (QED) is 0.0987. The van der Waals surface area contributed by atoms with Crippen molar-refractivity contribution in [2.24, 2.45) is 0 Å². The molecule has 0 aliphatic carbocycles. The van der Waals surface area contributed by atoms with Crippen molar-refractivity contribution in [1.82, 2.24) is 4.98 Å². The molecule has 0 bridgehead atoms. The summed E-state index contributed by atoms with van der Waals surface area (Å²) in [5.74, 6) is 1.37. The van der Waals surface area contributed by atoms with E-state index < -0.39 is 0 Å². The minimum Gasteiger partial charge on any atom is -0.490 e. The fraction of sp³-hybridized carbons (Fsp3) is 0.103. The van der Waals surface area contributed by atoms with Crippen molar-refractivity contribution in [1.29, 1.82) is 5.26 Å². The number of rotatable bonds is 8. The van der Waals surface area contributed by atoms with Gasteiger partial charge in [0.05, 0.1) is 25.3 Å². The lowest BCUT2D eigenvalue weighted by atomic mass is 10.1. The number of hydrogen-bond acceptors (Lipinski definition) is 6. The van der Waals surface area contributed by atoms with Crippen LogP contribution < -0.4 is 9.47 Å². The van der Waals surface area contributed by atoms with Crippen molar-refractivity contribution in [2.75, 3.05) is 6.61 Å². The first-order valence-corrected chi connectivity index (χ1v) is 14.1. The average Bonchev–Trinajstić information content (AvgIpc) is 3.30. The van der Waals surface area contributed by atoms with Crippen LogP contribution in [0.1, 0.15) is 18.1 Å². The summed E-state index contributed by atoms with van der Waals surface area (Å²) in [7, 11) is 0. The van der Waals surface area contributed by atoms with Crippen molar-refractivity contribution < 1.29 is 9.47 Å². The molecule has 0 amide bonds. The molecule has 0 saturated heterocycles. The van der Waals surface area contributed by atoms with Gasteiger partial charge in [-0.25, -0.2) is 4.98 Å². The van der Waals surface area contributed by atoms with Crippen LogP contribution in [0.4, 0.5) is 0 Å². The molecule has 0 aliphatic heterocycles. The highest BCUT2D eigenvalue weighted by molar-refractivity contribution is 14.1. The Kier molecular flexibility index (Phi) is 7.75. The van der Waals surface area contributed by atoms with E-state index in [-0.39, 0.29) is 0 Å². The van der Waals surface area contributed by atoms with Crippen LogP contribution >= 0.6 is 45.7 Å². The van der Waals surface area contributed by atoms with Gasteiger partial charge in [0.25, 0.3) is 0 Å². The molecule has 0 fully saturated rings. The van der Waals surface area contributed by atoms with Crippen LogP contribution in [0.25, 0.3) is 27.1 Å². The third-order valence-electron chi connectivity index (χ3n) is 5.46. The van der Waals surface area contributed by atoms with E-state index in [1.165, 1.54) is 22.5 Å². The molecule has 36 heavy (non-hydrogen) atoms. The van der Waals surface area contributed by atoms with Crippen LogP contribution in [0.3, 0.4) is 0 Å². The summed E-state index contributed by atoms with van der Waals surface area (Å²) in [5.41, 5.74) is 2.95. The molecule has 0 unspecified atom stereocenters. The van der Waals surface area contributed by atoms with Crippen LogP contribution in [0, 0.1) is 14.9 Å². The molecule has 1 aromatic heterocycles. The summed E-state index contributed by atoms with van der Waals surface area (Å²) in [5, 5.41) is 12.2. The second-order valence-electron chi connectivity index (χ2n) is 7.86. The molecule has 0 N–H and O–H groups in total. The van der Waals surface area contributed by atoms with E-state index in [4.69, 9.17) is 9.47 Å². The van der Waals surface area contributed by atoms with E-state index >= 15 is 0 Å². The van der Waals surface area contributed by atoms with Gasteiger partial charge in [-0.3, -0.25) is 0 Å². The number of nitriles is 1. The van der Waals surface area contributed by atoms with Gasteiger partial charge in [-0.2, -0.15) is 5.26 Å². The Bertz CT molecular complexity index is 1580. The smallest absolute Gasteiger partial charge is 0.175 e. The summed E-state index contributed by atoms with van der Waals surface area (Å²) < 4.78 is 15.1. The Morgan fingerprint density at radius 1 is 1.06 bits per heavy atom. The van der Waals surface area contributed by atoms with E-state index in [0.29, 0.717) is 29.6 Å². The highest BCUT2D eigenvalue weighted by atomic mass is 127. The maximum absolute atomic E-state index is 9.80. The van der Waals surface area contributed by atoms with Crippen LogP contribution in [0.2, 0.25) is 0 Å². The molecule has 4 aromatic carbocycles. The maximum atomic E-state index is 9.80. The van der Waals surface area contributed by atoms with Gasteiger partial charge >= 0.3 is 0 Å². The van der Waals surface area contributed by atoms with E-state index in [2.05, 4.69) is 64.0 Å². The first kappa shape index (κ1) is 24.6. The summed E-state index contributed by atoms with van der Waals surface area (Å²) in [6.45, 7) is 2.90. The van der Waals surface area contributed by atoms with Crippen LogP contribution in [0.15, 0.2) is 88.1 Å². The zero-order valence-corrected chi connectivity index (χ0v) is 23.2. The molecule has 0 spiro atoms. The average molecular weight is 621 g/mol. The Morgan fingerprint density at radius 3 is 2.69 bits per heavy atom. The van der Waals surface area contributed by atoms with Crippen LogP contribution in [-0.4, -0.2) is 11.6 Å². The largest absolute Gasteiger partial charge is 0.490 e. The van der Waals surface area contributed by atoms with Crippen molar-refractivity contribution in [3.05, 3.63) is 98.5 Å². The number of thioether (sulfide) groups is 1. The van der Waals surface area contributed by atoms with Gasteiger partial charge in [0.1, 0.15) is 12.7 Å². The number of halogens is 1. The van der Waals surface area contributed by atoms with Crippen molar-refractivity contribution in [3.63, 3.8) is 0 Å². The Balaban J connectivity index is 1.41. The fourth-order valence-corrected chi connectivity index (χ4v) is 6.62. The SMILES string of the molecule is CCOc1cc(/C=C(\C#N)Sc2nc3ccccc3s2)cc(I)c1OCc1cccc2ccccc12. The molecule has 0 saturated carbocycles. The number of aromatic nitrogens is 1. The zero-order valence-electron chi connectivity index (χ0n) is 19.4. The monoisotopic (exact) mass is 620 g/mol. The van der Waals surface area contributed by atoms with Crippen LogP contribution in [0.5, 0.6) is 11.5 Å². The van der Waals surface area contributed by atoms with Gasteiger partial charge < -0.3 is 9.47 Å². The molecule has 1 heterocycles. The number of fused-ring (bicyclic) bond motifs is 2. The molecule has 178 valence electrons. The summed E-state index contributed by atoms with van der Waals surface area (Å²) >= 11 is 5.24. The van der Waals surface area contributed by atoms with Crippen molar-refractivity contribution >= 4 is 72.8 Å². The first-order chi connectivity index (χ1) is 17.6. The van der Waals surface area contributed by atoms with E-state index in [1.54, 1.807) is 11.3 Å². The minimum absolute atomic E-state index is 0.434. The molecular formula is C29H21IN2O2S2. The van der Waals surface area contributed by atoms with Gasteiger partial charge in [-0.05, 0) is 93.5 Å². The minimum atomic E-state index is 0.434. The number of benzene rings is 4. The number of nitrogens with zero attached hydrogens (tertiary/aromatic N) is 2. The summed E-state index contributed by atoms with van der Waals surface area (Å²) in [6.07, 6.45) is 1.87. The summed E-state index contributed by atoms with van der Waals surface area (Å²) in [4.78, 5) is 5.21. The number of ether oxygens (including phenoxy) is 2. The molecule has 0 radical (unpaired) electrons. The van der Waals surface area contributed by atoms with Gasteiger partial charge in [-0.1, -0.05) is 54.6 Å². The lowest BCUT2D eigenvalue weighted by Crippen LogP contribution is -2.02. The zero-order chi connectivity index (χ0) is 24.9. The van der Waals surface area contributed by atoms with E-state index in [9.17, 15) is 5.26 Å². The van der Waals surface area contributed by atoms with Gasteiger partial charge in [0.15, 0.2) is 15.8 Å². The molecule has 7 heteroatoms. The number of hydrogen-bond donors (Lipinski definition) is 0. The third-order valence-corrected chi connectivity index (χ3v) is 8.29. The van der Waals surface area contributed by atoms with E-state index in [0.717, 1.165) is 29.3 Å². The fourth-order valence-electron chi connectivity index (χ4n) is 3.87. The number of para-hydroxylation sites is 1. The molecule has 5 aromatic rings. The number of thiazole rings is 1. The third kappa shape index (κ3) is 5.51. The molecule has 0 atom stereocenters. The normalized spacial score (nSPS) is 11.5. The molecule has 4 nitrogen and oxygen atoms in total. The standard InChI is InChI=1S/C29H21IN2O2S2/c1-2-33-26-16-19(14-22(17-31)35-29-32-25-12-5-6-13-27(25)36-29)15-24(30)28(26)34-18-21-10-7-9-20-8-3-4-11-23(20)21/h3-16H,2,18H2,1H3/b22-14+. The Labute approximate surface area is 231 Å². The maximum Gasteiger partial charge on any atom is 0.175 e. The lowest BCUT2D eigenvalue weighted by Gasteiger charge is -2.16. The lowest BCUT2D eigenvalue weighted by molar-refractivity contribution is 0.268. The number of allylic oxidation sites excluding steroid dienone is 1. The van der Waals surface area contributed by atoms with Crippen molar-refractivity contribution in [2.45, 2.75) is 17.9 Å². The highest BCUT2D eigenvalue weighted by Crippen LogP contribution is 2.38. The van der Waals surface area contributed by atoms with Gasteiger partial charge in [0.2, 0.25) is 0 Å². The van der Waals surface area contributed by atoms with Gasteiger partial charge in [0, 0.05) is 0 Å². The van der Waals surface area contributed by atoms with E-state index in [1.807, 2.05) is 61.5 Å². The Morgan fingerprint density at radius 2 is 1.86 bits per heavy atom. The second kappa shape index (κ2) is 11.3. The predicted molar refractivity (Wildman–Crippen MR) is 158 cm³/mol. The first-order valence-electron chi connectivity index (χ1n) is 11.4.